The Labute approximate surface area is 190 Å². The highest BCUT2D eigenvalue weighted by atomic mass is 19.4. The van der Waals surface area contributed by atoms with Crippen molar-refractivity contribution in [2.45, 2.75) is 57.5 Å². The highest BCUT2D eigenvalue weighted by Crippen LogP contribution is 2.33. The number of benzene rings is 1. The molecule has 11 heteroatoms. The maximum atomic E-state index is 13.3. The van der Waals surface area contributed by atoms with Crippen molar-refractivity contribution in [1.82, 2.24) is 10.4 Å². The van der Waals surface area contributed by atoms with E-state index in [4.69, 9.17) is 5.21 Å². The standard InChI is InChI=1S/C22H30F3N3O5/c1-14-13-27(16-6-8-17(9-7-16)33-22(23,24)25)10-11-28(14)21(31)18(19(29)20(30)26-32)12-15-4-2-3-5-15/h6-9,14-15,18-19,29,32H,2-5,10-13H2,1H3,(H,26,30)/t14-,18+,19+/m1/s1. The van der Waals surface area contributed by atoms with Crippen LogP contribution in [0.3, 0.4) is 0 Å². The van der Waals surface area contributed by atoms with Gasteiger partial charge in [0.2, 0.25) is 5.91 Å². The summed E-state index contributed by atoms with van der Waals surface area (Å²) in [4.78, 5) is 28.8. The Morgan fingerprint density at radius 1 is 1.18 bits per heavy atom. The van der Waals surface area contributed by atoms with Gasteiger partial charge in [0.25, 0.3) is 5.91 Å². The molecule has 2 fully saturated rings. The Kier molecular flexibility index (Phi) is 8.06. The highest BCUT2D eigenvalue weighted by Gasteiger charge is 2.40. The van der Waals surface area contributed by atoms with Crippen molar-refractivity contribution in [3.8, 4) is 5.75 Å². The van der Waals surface area contributed by atoms with Crippen LogP contribution < -0.4 is 15.1 Å². The molecule has 3 rings (SSSR count). The number of nitrogens with zero attached hydrogens (tertiary/aromatic N) is 2. The van der Waals surface area contributed by atoms with Crippen molar-refractivity contribution >= 4 is 17.5 Å². The van der Waals surface area contributed by atoms with Crippen molar-refractivity contribution in [1.29, 1.82) is 0 Å². The molecular weight excluding hydrogens is 443 g/mol. The molecule has 0 aromatic heterocycles. The normalized spacial score (nSPS) is 21.6. The summed E-state index contributed by atoms with van der Waals surface area (Å²) in [6.45, 7) is 3.05. The number of hydrogen-bond acceptors (Lipinski definition) is 6. The summed E-state index contributed by atoms with van der Waals surface area (Å²) in [6.07, 6.45) is -2.04. The summed E-state index contributed by atoms with van der Waals surface area (Å²) in [6, 6.07) is 5.29. The van der Waals surface area contributed by atoms with E-state index in [1.807, 2.05) is 11.8 Å². The Hall–Kier alpha value is -2.53. The van der Waals surface area contributed by atoms with Crippen LogP contribution in [-0.2, 0) is 9.59 Å². The van der Waals surface area contributed by atoms with E-state index in [2.05, 4.69) is 4.74 Å². The van der Waals surface area contributed by atoms with Crippen LogP contribution in [0, 0.1) is 11.8 Å². The van der Waals surface area contributed by atoms with E-state index in [1.54, 1.807) is 4.90 Å². The van der Waals surface area contributed by atoms with E-state index >= 15 is 0 Å². The molecule has 3 N–H and O–H groups in total. The maximum absolute atomic E-state index is 13.3. The Morgan fingerprint density at radius 3 is 2.36 bits per heavy atom. The number of hydroxylamine groups is 1. The average molecular weight is 473 g/mol. The zero-order valence-corrected chi connectivity index (χ0v) is 18.4. The van der Waals surface area contributed by atoms with Gasteiger partial charge >= 0.3 is 6.36 Å². The Morgan fingerprint density at radius 2 is 1.82 bits per heavy atom. The minimum Gasteiger partial charge on any atom is -0.406 e. The molecule has 2 aliphatic rings. The number of aliphatic hydroxyl groups excluding tert-OH is 1. The van der Waals surface area contributed by atoms with Crippen LogP contribution in [-0.4, -0.2) is 65.2 Å². The molecule has 8 nitrogen and oxygen atoms in total. The van der Waals surface area contributed by atoms with E-state index in [9.17, 15) is 27.9 Å². The van der Waals surface area contributed by atoms with Crippen LogP contribution in [0.5, 0.6) is 5.75 Å². The Bertz CT molecular complexity index is 814. The van der Waals surface area contributed by atoms with E-state index < -0.39 is 24.3 Å². The van der Waals surface area contributed by atoms with Crippen LogP contribution in [0.1, 0.15) is 39.0 Å². The fourth-order valence-electron chi connectivity index (χ4n) is 4.81. The summed E-state index contributed by atoms with van der Waals surface area (Å²) in [5.74, 6) is -2.35. The molecule has 1 saturated heterocycles. The molecule has 1 aromatic rings. The lowest BCUT2D eigenvalue weighted by Gasteiger charge is -2.43. The van der Waals surface area contributed by atoms with Crippen molar-refractivity contribution in [2.75, 3.05) is 24.5 Å². The van der Waals surface area contributed by atoms with Gasteiger partial charge in [-0.15, -0.1) is 13.2 Å². The maximum Gasteiger partial charge on any atom is 0.573 e. The molecular formula is C22H30F3N3O5. The van der Waals surface area contributed by atoms with Gasteiger partial charge in [0.05, 0.1) is 5.92 Å². The first-order valence-corrected chi connectivity index (χ1v) is 11.1. The molecule has 184 valence electrons. The van der Waals surface area contributed by atoms with E-state index in [0.29, 0.717) is 31.7 Å². The lowest BCUT2D eigenvalue weighted by molar-refractivity contribution is -0.274. The van der Waals surface area contributed by atoms with Crippen LogP contribution in [0.25, 0.3) is 0 Å². The third-order valence-corrected chi connectivity index (χ3v) is 6.49. The third-order valence-electron chi connectivity index (χ3n) is 6.49. The molecule has 1 aromatic carbocycles. The number of rotatable bonds is 7. The first kappa shape index (κ1) is 25.1. The fraction of sp³-hybridized carbons (Fsp3) is 0.636. The molecule has 0 spiro atoms. The van der Waals surface area contributed by atoms with Gasteiger partial charge < -0.3 is 19.6 Å². The van der Waals surface area contributed by atoms with E-state index in [-0.39, 0.29) is 23.6 Å². The molecule has 1 saturated carbocycles. The number of hydrogen-bond donors (Lipinski definition) is 3. The number of aliphatic hydroxyl groups is 1. The van der Waals surface area contributed by atoms with Gasteiger partial charge in [-0.3, -0.25) is 14.8 Å². The average Bonchev–Trinajstić information content (AvgIpc) is 3.28. The summed E-state index contributed by atoms with van der Waals surface area (Å²) < 4.78 is 41.0. The van der Waals surface area contributed by atoms with Crippen molar-refractivity contribution in [2.24, 2.45) is 11.8 Å². The monoisotopic (exact) mass is 473 g/mol. The first-order chi connectivity index (χ1) is 15.6. The number of ether oxygens (including phenoxy) is 1. The minimum absolute atomic E-state index is 0.245. The molecule has 2 amide bonds. The largest absolute Gasteiger partial charge is 0.573 e. The molecule has 33 heavy (non-hydrogen) atoms. The van der Waals surface area contributed by atoms with E-state index in [0.717, 1.165) is 25.7 Å². The molecule has 1 aliphatic heterocycles. The van der Waals surface area contributed by atoms with Gasteiger partial charge in [-0.1, -0.05) is 25.7 Å². The second kappa shape index (κ2) is 10.6. The summed E-state index contributed by atoms with van der Waals surface area (Å²) in [5.41, 5.74) is 2.14. The lowest BCUT2D eigenvalue weighted by Crippen LogP contribution is -2.57. The van der Waals surface area contributed by atoms with E-state index in [1.165, 1.54) is 29.7 Å². The molecule has 0 bridgehead atoms. The minimum atomic E-state index is -4.76. The van der Waals surface area contributed by atoms with Gasteiger partial charge in [0.1, 0.15) is 11.9 Å². The summed E-state index contributed by atoms with van der Waals surface area (Å²) in [7, 11) is 0. The predicted molar refractivity (Wildman–Crippen MR) is 113 cm³/mol. The number of anilines is 1. The number of piperazine rings is 1. The zero-order chi connectivity index (χ0) is 24.2. The van der Waals surface area contributed by atoms with Crippen LogP contribution in [0.4, 0.5) is 18.9 Å². The molecule has 0 radical (unpaired) electrons. The van der Waals surface area contributed by atoms with Gasteiger partial charge in [-0.2, -0.15) is 0 Å². The SMILES string of the molecule is C[C@@H]1CN(c2ccc(OC(F)(F)F)cc2)CCN1C(=O)[C@@H](CC1CCCC1)[C@H](O)C(=O)NO. The fourth-order valence-corrected chi connectivity index (χ4v) is 4.81. The van der Waals surface area contributed by atoms with Gasteiger partial charge in [-0.25, -0.2) is 5.48 Å². The second-order valence-electron chi connectivity index (χ2n) is 8.78. The summed E-state index contributed by atoms with van der Waals surface area (Å²) in [5, 5.41) is 19.4. The Balaban J connectivity index is 1.66. The summed E-state index contributed by atoms with van der Waals surface area (Å²) >= 11 is 0. The first-order valence-electron chi connectivity index (χ1n) is 11.1. The number of carbonyl (C=O) groups excluding carboxylic acids is 2. The molecule has 0 unspecified atom stereocenters. The number of alkyl halides is 3. The van der Waals surface area contributed by atoms with Crippen LogP contribution in [0.15, 0.2) is 24.3 Å². The molecule has 3 atom stereocenters. The third kappa shape index (κ3) is 6.50. The van der Waals surface area contributed by atoms with Gasteiger partial charge in [0.15, 0.2) is 0 Å². The molecule has 1 heterocycles. The van der Waals surface area contributed by atoms with Crippen molar-refractivity contribution in [3.63, 3.8) is 0 Å². The topological polar surface area (TPSA) is 102 Å². The van der Waals surface area contributed by atoms with Gasteiger partial charge in [0, 0.05) is 31.4 Å². The number of amides is 2. The zero-order valence-electron chi connectivity index (χ0n) is 18.4. The second-order valence-corrected chi connectivity index (χ2v) is 8.78. The smallest absolute Gasteiger partial charge is 0.406 e. The number of halogens is 3. The number of nitrogens with one attached hydrogen (secondary N) is 1. The quantitative estimate of drug-likeness (QED) is 0.416. The van der Waals surface area contributed by atoms with Crippen LogP contribution >= 0.6 is 0 Å². The number of carbonyl (C=O) groups is 2. The molecule has 1 aliphatic carbocycles. The lowest BCUT2D eigenvalue weighted by atomic mass is 9.87. The van der Waals surface area contributed by atoms with Crippen molar-refractivity contribution in [3.05, 3.63) is 24.3 Å². The van der Waals surface area contributed by atoms with Crippen LogP contribution in [0.2, 0.25) is 0 Å². The highest BCUT2D eigenvalue weighted by molar-refractivity contribution is 5.89. The van der Waals surface area contributed by atoms with Crippen molar-refractivity contribution < 1.29 is 37.8 Å². The predicted octanol–water partition coefficient (Wildman–Crippen LogP) is 2.69. The van der Waals surface area contributed by atoms with Gasteiger partial charge in [-0.05, 0) is 43.5 Å².